The molecule has 1 amide bonds. The highest BCUT2D eigenvalue weighted by Gasteiger charge is 2.23. The van der Waals surface area contributed by atoms with Crippen LogP contribution in [-0.4, -0.2) is 81.8 Å². The van der Waals surface area contributed by atoms with Crippen molar-refractivity contribution in [2.24, 2.45) is 0 Å². The SMILES string of the molecule is CS(=O)(=O)N(CCN1CCOCC1)CC(=O)NC1CCCCC1. The van der Waals surface area contributed by atoms with Crippen LogP contribution >= 0.6 is 0 Å². The van der Waals surface area contributed by atoms with E-state index in [-0.39, 0.29) is 18.5 Å². The zero-order valence-corrected chi connectivity index (χ0v) is 14.8. The first-order valence-corrected chi connectivity index (χ1v) is 10.3. The van der Waals surface area contributed by atoms with E-state index in [0.717, 1.165) is 38.8 Å². The van der Waals surface area contributed by atoms with E-state index >= 15 is 0 Å². The van der Waals surface area contributed by atoms with Gasteiger partial charge in [0.1, 0.15) is 0 Å². The molecule has 8 heteroatoms. The van der Waals surface area contributed by atoms with Crippen molar-refractivity contribution in [1.29, 1.82) is 0 Å². The second-order valence-electron chi connectivity index (χ2n) is 6.45. The lowest BCUT2D eigenvalue weighted by Gasteiger charge is -2.29. The van der Waals surface area contributed by atoms with Gasteiger partial charge in [0.15, 0.2) is 0 Å². The quantitative estimate of drug-likeness (QED) is 0.703. The summed E-state index contributed by atoms with van der Waals surface area (Å²) in [5.74, 6) is -0.190. The Kier molecular flexibility index (Phi) is 7.26. The standard InChI is InChI=1S/C15H29N3O4S/c1-23(20,21)18(8-7-17-9-11-22-12-10-17)13-15(19)16-14-5-3-2-4-6-14/h14H,2-13H2,1H3,(H,16,19). The normalized spacial score (nSPS) is 21.5. The van der Waals surface area contributed by atoms with Crippen molar-refractivity contribution in [3.8, 4) is 0 Å². The summed E-state index contributed by atoms with van der Waals surface area (Å²) in [6, 6.07) is 0.205. The van der Waals surface area contributed by atoms with Crippen molar-refractivity contribution in [2.45, 2.75) is 38.1 Å². The van der Waals surface area contributed by atoms with Crippen LogP contribution in [0.4, 0.5) is 0 Å². The number of amides is 1. The van der Waals surface area contributed by atoms with Crippen molar-refractivity contribution in [3.63, 3.8) is 0 Å². The van der Waals surface area contributed by atoms with Crippen LogP contribution in [0.5, 0.6) is 0 Å². The zero-order chi connectivity index (χ0) is 16.7. The van der Waals surface area contributed by atoms with Gasteiger partial charge in [-0.25, -0.2) is 8.42 Å². The van der Waals surface area contributed by atoms with E-state index in [1.165, 1.54) is 17.0 Å². The van der Waals surface area contributed by atoms with E-state index < -0.39 is 10.0 Å². The van der Waals surface area contributed by atoms with Crippen molar-refractivity contribution in [1.82, 2.24) is 14.5 Å². The van der Waals surface area contributed by atoms with Crippen LogP contribution < -0.4 is 5.32 Å². The van der Waals surface area contributed by atoms with Crippen molar-refractivity contribution >= 4 is 15.9 Å². The fourth-order valence-corrected chi connectivity index (χ4v) is 3.89. The van der Waals surface area contributed by atoms with E-state index in [0.29, 0.717) is 26.3 Å². The molecule has 1 heterocycles. The lowest BCUT2D eigenvalue weighted by Crippen LogP contribution is -2.47. The molecule has 0 atom stereocenters. The molecule has 1 saturated carbocycles. The number of morpholine rings is 1. The van der Waals surface area contributed by atoms with Gasteiger partial charge < -0.3 is 10.1 Å². The minimum atomic E-state index is -3.39. The molecule has 1 N–H and O–H groups in total. The van der Waals surface area contributed by atoms with E-state index in [2.05, 4.69) is 10.2 Å². The van der Waals surface area contributed by atoms with Crippen LogP contribution in [0.2, 0.25) is 0 Å². The topological polar surface area (TPSA) is 79.0 Å². The van der Waals surface area contributed by atoms with E-state index in [1.54, 1.807) is 0 Å². The second-order valence-corrected chi connectivity index (χ2v) is 8.44. The Hall–Kier alpha value is -0.700. The Morgan fingerprint density at radius 3 is 2.48 bits per heavy atom. The molecule has 0 radical (unpaired) electrons. The molecule has 2 aliphatic rings. The minimum absolute atomic E-state index is 0.0837. The molecule has 2 rings (SSSR count). The van der Waals surface area contributed by atoms with Crippen LogP contribution in [0.1, 0.15) is 32.1 Å². The highest BCUT2D eigenvalue weighted by Crippen LogP contribution is 2.17. The predicted molar refractivity (Wildman–Crippen MR) is 88.7 cm³/mol. The molecule has 0 aromatic carbocycles. The van der Waals surface area contributed by atoms with Gasteiger partial charge in [0.2, 0.25) is 15.9 Å². The van der Waals surface area contributed by atoms with Gasteiger partial charge in [0.25, 0.3) is 0 Å². The molecule has 0 aromatic rings. The highest BCUT2D eigenvalue weighted by atomic mass is 32.2. The van der Waals surface area contributed by atoms with Gasteiger partial charge in [-0.2, -0.15) is 4.31 Å². The molecule has 7 nitrogen and oxygen atoms in total. The predicted octanol–water partition coefficient (Wildman–Crippen LogP) is 0.0291. The first-order valence-electron chi connectivity index (χ1n) is 8.50. The van der Waals surface area contributed by atoms with E-state index in [1.807, 2.05) is 0 Å². The Morgan fingerprint density at radius 1 is 1.22 bits per heavy atom. The lowest BCUT2D eigenvalue weighted by atomic mass is 9.95. The minimum Gasteiger partial charge on any atom is -0.379 e. The molecule has 2 fully saturated rings. The number of sulfonamides is 1. The molecular formula is C15H29N3O4S. The Balaban J connectivity index is 1.81. The number of nitrogens with zero attached hydrogens (tertiary/aromatic N) is 2. The van der Waals surface area contributed by atoms with Gasteiger partial charge in [-0.1, -0.05) is 19.3 Å². The summed E-state index contributed by atoms with van der Waals surface area (Å²) in [6.07, 6.45) is 6.66. The molecule has 134 valence electrons. The first-order chi connectivity index (χ1) is 10.9. The number of rotatable bonds is 7. The van der Waals surface area contributed by atoms with E-state index in [9.17, 15) is 13.2 Å². The number of carbonyl (C=O) groups is 1. The molecule has 1 aliphatic heterocycles. The Bertz CT molecular complexity index is 471. The Morgan fingerprint density at radius 2 is 1.87 bits per heavy atom. The van der Waals surface area contributed by atoms with Gasteiger partial charge in [0.05, 0.1) is 26.0 Å². The fourth-order valence-electron chi connectivity index (χ4n) is 3.12. The monoisotopic (exact) mass is 347 g/mol. The largest absolute Gasteiger partial charge is 0.379 e. The molecule has 0 unspecified atom stereocenters. The third-order valence-corrected chi connectivity index (χ3v) is 5.78. The molecule has 0 bridgehead atoms. The van der Waals surface area contributed by atoms with Gasteiger partial charge in [-0.15, -0.1) is 0 Å². The van der Waals surface area contributed by atoms with Crippen molar-refractivity contribution in [3.05, 3.63) is 0 Å². The smallest absolute Gasteiger partial charge is 0.235 e. The number of carbonyl (C=O) groups excluding carboxylic acids is 1. The highest BCUT2D eigenvalue weighted by molar-refractivity contribution is 7.88. The molecule has 23 heavy (non-hydrogen) atoms. The van der Waals surface area contributed by atoms with Crippen LogP contribution in [-0.2, 0) is 19.6 Å². The maximum atomic E-state index is 12.2. The lowest BCUT2D eigenvalue weighted by molar-refractivity contribution is -0.122. The van der Waals surface area contributed by atoms with Gasteiger partial charge in [-0.05, 0) is 12.8 Å². The van der Waals surface area contributed by atoms with Crippen LogP contribution in [0.15, 0.2) is 0 Å². The van der Waals surface area contributed by atoms with Gasteiger partial charge >= 0.3 is 0 Å². The molecule has 0 spiro atoms. The van der Waals surface area contributed by atoms with Gasteiger partial charge in [-0.3, -0.25) is 9.69 Å². The summed E-state index contributed by atoms with van der Waals surface area (Å²) < 4.78 is 30.4. The number of hydrogen-bond donors (Lipinski definition) is 1. The number of hydrogen-bond acceptors (Lipinski definition) is 5. The average molecular weight is 347 g/mol. The summed E-state index contributed by atoms with van der Waals surface area (Å²) >= 11 is 0. The summed E-state index contributed by atoms with van der Waals surface area (Å²) in [6.45, 7) is 3.88. The van der Waals surface area contributed by atoms with Crippen LogP contribution in [0, 0.1) is 0 Å². The van der Waals surface area contributed by atoms with Crippen LogP contribution in [0.25, 0.3) is 0 Å². The maximum absolute atomic E-state index is 12.2. The summed E-state index contributed by atoms with van der Waals surface area (Å²) in [4.78, 5) is 14.3. The fraction of sp³-hybridized carbons (Fsp3) is 0.933. The summed E-state index contributed by atoms with van der Waals surface area (Å²) in [7, 11) is -3.39. The summed E-state index contributed by atoms with van der Waals surface area (Å²) in [5, 5.41) is 2.98. The molecule has 0 aromatic heterocycles. The zero-order valence-electron chi connectivity index (χ0n) is 14.0. The third-order valence-electron chi connectivity index (χ3n) is 4.53. The first kappa shape index (κ1) is 18.6. The molecular weight excluding hydrogens is 318 g/mol. The third kappa shape index (κ3) is 6.74. The van der Waals surface area contributed by atoms with Crippen molar-refractivity contribution in [2.75, 3.05) is 52.2 Å². The van der Waals surface area contributed by atoms with Gasteiger partial charge in [0, 0.05) is 32.2 Å². The summed E-state index contributed by atoms with van der Waals surface area (Å²) in [5.41, 5.74) is 0. The van der Waals surface area contributed by atoms with Crippen LogP contribution in [0.3, 0.4) is 0 Å². The molecule has 1 saturated heterocycles. The average Bonchev–Trinajstić information content (AvgIpc) is 2.52. The second kappa shape index (κ2) is 8.96. The number of nitrogens with one attached hydrogen (secondary N) is 1. The van der Waals surface area contributed by atoms with Crippen molar-refractivity contribution < 1.29 is 17.9 Å². The number of ether oxygens (including phenoxy) is 1. The Labute approximate surface area is 139 Å². The molecule has 1 aliphatic carbocycles. The van der Waals surface area contributed by atoms with E-state index in [4.69, 9.17) is 4.74 Å². The maximum Gasteiger partial charge on any atom is 0.235 e.